The number of aliphatic hydroxyl groups excluding tert-OH is 1. The van der Waals surface area contributed by atoms with Crippen LogP contribution in [-0.2, 0) is 10.0 Å². The molecule has 1 aromatic carbocycles. The van der Waals surface area contributed by atoms with E-state index in [1.54, 1.807) is 0 Å². The minimum absolute atomic E-state index is 0.0575. The van der Waals surface area contributed by atoms with Crippen molar-refractivity contribution in [2.24, 2.45) is 0 Å². The van der Waals surface area contributed by atoms with Crippen LogP contribution in [0.15, 0.2) is 29.2 Å². The topological polar surface area (TPSA) is 57.6 Å². The van der Waals surface area contributed by atoms with Gasteiger partial charge >= 0.3 is 0 Å². The van der Waals surface area contributed by atoms with Gasteiger partial charge in [0.25, 0.3) is 0 Å². The third-order valence-corrected chi connectivity index (χ3v) is 4.88. The molecule has 0 saturated carbocycles. The van der Waals surface area contributed by atoms with E-state index in [0.29, 0.717) is 13.0 Å². The molecule has 1 aliphatic rings. The Hall–Kier alpha value is -0.980. The highest BCUT2D eigenvalue weighted by Crippen LogP contribution is 2.25. The molecule has 1 heterocycles. The molecule has 1 aliphatic heterocycles. The van der Waals surface area contributed by atoms with Crippen molar-refractivity contribution in [1.29, 1.82) is 0 Å². The minimum Gasteiger partial charge on any atom is -0.395 e. The molecule has 0 spiro atoms. The van der Waals surface area contributed by atoms with Gasteiger partial charge in [-0.2, -0.15) is 4.31 Å². The smallest absolute Gasteiger partial charge is 0.243 e. The van der Waals surface area contributed by atoms with Crippen molar-refractivity contribution in [3.8, 4) is 0 Å². The van der Waals surface area contributed by atoms with E-state index in [9.17, 15) is 12.8 Å². The van der Waals surface area contributed by atoms with Crippen molar-refractivity contribution < 1.29 is 17.9 Å². The van der Waals surface area contributed by atoms with Gasteiger partial charge in [-0.3, -0.25) is 0 Å². The van der Waals surface area contributed by atoms with Crippen molar-refractivity contribution >= 4 is 10.0 Å². The zero-order valence-electron chi connectivity index (χ0n) is 9.21. The summed E-state index contributed by atoms with van der Waals surface area (Å²) in [5, 5.41) is 9.12. The molecule has 0 radical (unpaired) electrons. The molecule has 0 unspecified atom stereocenters. The first-order valence-electron chi connectivity index (χ1n) is 5.44. The van der Waals surface area contributed by atoms with Crippen LogP contribution in [0.1, 0.15) is 12.8 Å². The van der Waals surface area contributed by atoms with Gasteiger partial charge in [0.15, 0.2) is 0 Å². The Balaban J connectivity index is 2.36. The molecule has 6 heteroatoms. The molecule has 94 valence electrons. The van der Waals surface area contributed by atoms with Gasteiger partial charge < -0.3 is 5.11 Å². The Kier molecular flexibility index (Phi) is 3.46. The van der Waals surface area contributed by atoms with E-state index >= 15 is 0 Å². The van der Waals surface area contributed by atoms with E-state index in [1.165, 1.54) is 22.5 Å². The molecule has 0 aliphatic carbocycles. The zero-order valence-corrected chi connectivity index (χ0v) is 10.0. The largest absolute Gasteiger partial charge is 0.395 e. The minimum atomic E-state index is -3.69. The molecule has 1 aromatic rings. The normalized spacial score (nSPS) is 21.9. The lowest BCUT2D eigenvalue weighted by Gasteiger charge is -2.22. The lowest BCUT2D eigenvalue weighted by molar-refractivity contribution is 0.213. The van der Waals surface area contributed by atoms with E-state index in [0.717, 1.165) is 12.5 Å². The van der Waals surface area contributed by atoms with Crippen LogP contribution >= 0.6 is 0 Å². The van der Waals surface area contributed by atoms with Crippen LogP contribution in [0.25, 0.3) is 0 Å². The lowest BCUT2D eigenvalue weighted by Crippen LogP contribution is -2.37. The summed E-state index contributed by atoms with van der Waals surface area (Å²) in [6.07, 6.45) is 1.37. The Morgan fingerprint density at radius 1 is 1.47 bits per heavy atom. The maximum absolute atomic E-state index is 13.0. The predicted molar refractivity (Wildman–Crippen MR) is 60.4 cm³/mol. The molecular formula is C11H14FNO3S. The van der Waals surface area contributed by atoms with Gasteiger partial charge in [0, 0.05) is 12.6 Å². The summed E-state index contributed by atoms with van der Waals surface area (Å²) in [7, 11) is -3.69. The average Bonchev–Trinajstić information content (AvgIpc) is 2.77. The average molecular weight is 259 g/mol. The summed E-state index contributed by atoms with van der Waals surface area (Å²) in [5.74, 6) is -0.578. The third-order valence-electron chi connectivity index (χ3n) is 2.94. The summed E-state index contributed by atoms with van der Waals surface area (Å²) >= 11 is 0. The number of aliphatic hydroxyl groups is 1. The molecule has 1 saturated heterocycles. The number of halogens is 1. The first-order valence-corrected chi connectivity index (χ1v) is 6.88. The Morgan fingerprint density at radius 2 is 2.24 bits per heavy atom. The van der Waals surface area contributed by atoms with Gasteiger partial charge in [0.05, 0.1) is 11.5 Å². The number of hydrogen-bond donors (Lipinski definition) is 1. The Bertz CT molecular complexity index is 503. The summed E-state index contributed by atoms with van der Waals surface area (Å²) in [6.45, 7) is 0.179. The number of nitrogens with zero attached hydrogens (tertiary/aromatic N) is 1. The molecule has 0 aromatic heterocycles. The Labute approximate surface area is 99.7 Å². The van der Waals surface area contributed by atoms with Crippen molar-refractivity contribution in [3.05, 3.63) is 30.1 Å². The van der Waals surface area contributed by atoms with Crippen molar-refractivity contribution in [2.45, 2.75) is 23.8 Å². The summed E-state index contributed by atoms with van der Waals surface area (Å²) in [6, 6.07) is 4.55. The third kappa shape index (κ3) is 2.34. The van der Waals surface area contributed by atoms with E-state index in [1.807, 2.05) is 0 Å². The highest BCUT2D eigenvalue weighted by atomic mass is 32.2. The highest BCUT2D eigenvalue weighted by Gasteiger charge is 2.34. The van der Waals surface area contributed by atoms with Gasteiger partial charge in [0.2, 0.25) is 10.0 Å². The van der Waals surface area contributed by atoms with Gasteiger partial charge in [-0.25, -0.2) is 12.8 Å². The molecule has 1 fully saturated rings. The second-order valence-corrected chi connectivity index (χ2v) is 5.94. The van der Waals surface area contributed by atoms with Crippen LogP contribution in [0.5, 0.6) is 0 Å². The molecule has 1 atom stereocenters. The maximum atomic E-state index is 13.0. The second kappa shape index (κ2) is 4.72. The molecule has 0 amide bonds. The monoisotopic (exact) mass is 259 g/mol. The second-order valence-electron chi connectivity index (χ2n) is 4.05. The van der Waals surface area contributed by atoms with Crippen LogP contribution in [0.4, 0.5) is 4.39 Å². The first kappa shape index (κ1) is 12.5. The first-order chi connectivity index (χ1) is 8.05. The number of sulfonamides is 1. The van der Waals surface area contributed by atoms with Crippen LogP contribution in [-0.4, -0.2) is 37.0 Å². The van der Waals surface area contributed by atoms with Crippen LogP contribution in [0.2, 0.25) is 0 Å². The lowest BCUT2D eigenvalue weighted by atomic mass is 10.2. The zero-order chi connectivity index (χ0) is 12.5. The van der Waals surface area contributed by atoms with Gasteiger partial charge in [-0.1, -0.05) is 6.07 Å². The maximum Gasteiger partial charge on any atom is 0.243 e. The molecule has 17 heavy (non-hydrogen) atoms. The van der Waals surface area contributed by atoms with Crippen LogP contribution in [0, 0.1) is 5.82 Å². The SMILES string of the molecule is O=S(=O)(c1cccc(F)c1)N1CCC[C@H]1CO. The summed E-state index contributed by atoms with van der Waals surface area (Å²) < 4.78 is 38.7. The predicted octanol–water partition coefficient (Wildman–Crippen LogP) is 0.971. The van der Waals surface area contributed by atoms with E-state index < -0.39 is 15.8 Å². The standard InChI is InChI=1S/C11H14FNO3S/c12-9-3-1-5-11(7-9)17(15,16)13-6-2-4-10(13)8-14/h1,3,5,7,10,14H,2,4,6,8H2/t10-/m0/s1. The molecule has 0 bridgehead atoms. The molecule has 2 rings (SSSR count). The van der Waals surface area contributed by atoms with Gasteiger partial charge in [-0.15, -0.1) is 0 Å². The van der Waals surface area contributed by atoms with Crippen molar-refractivity contribution in [2.75, 3.05) is 13.2 Å². The fourth-order valence-electron chi connectivity index (χ4n) is 2.07. The van der Waals surface area contributed by atoms with Crippen molar-refractivity contribution in [3.63, 3.8) is 0 Å². The van der Waals surface area contributed by atoms with Crippen LogP contribution < -0.4 is 0 Å². The Morgan fingerprint density at radius 3 is 2.88 bits per heavy atom. The molecule has 4 nitrogen and oxygen atoms in total. The number of rotatable bonds is 3. The highest BCUT2D eigenvalue weighted by molar-refractivity contribution is 7.89. The van der Waals surface area contributed by atoms with E-state index in [-0.39, 0.29) is 17.5 Å². The van der Waals surface area contributed by atoms with E-state index in [4.69, 9.17) is 5.11 Å². The van der Waals surface area contributed by atoms with Crippen molar-refractivity contribution in [1.82, 2.24) is 4.31 Å². The molecule has 1 N–H and O–H groups in total. The fourth-order valence-corrected chi connectivity index (χ4v) is 3.79. The summed E-state index contributed by atoms with van der Waals surface area (Å²) in [4.78, 5) is -0.0575. The number of hydrogen-bond acceptors (Lipinski definition) is 3. The van der Waals surface area contributed by atoms with Gasteiger partial charge in [-0.05, 0) is 31.0 Å². The summed E-state index contributed by atoms with van der Waals surface area (Å²) in [5.41, 5.74) is 0. The quantitative estimate of drug-likeness (QED) is 0.880. The van der Waals surface area contributed by atoms with Crippen LogP contribution in [0.3, 0.4) is 0 Å². The van der Waals surface area contributed by atoms with E-state index in [2.05, 4.69) is 0 Å². The number of benzene rings is 1. The fraction of sp³-hybridized carbons (Fsp3) is 0.455. The van der Waals surface area contributed by atoms with Gasteiger partial charge in [0.1, 0.15) is 5.82 Å². The molecular weight excluding hydrogens is 245 g/mol.